The Kier molecular flexibility index (Phi) is 16.8. The van der Waals surface area contributed by atoms with Gasteiger partial charge in [0.05, 0.1) is 0 Å². The van der Waals surface area contributed by atoms with E-state index in [1.54, 1.807) is 0 Å². The Morgan fingerprint density at radius 3 is 1.60 bits per heavy atom. The van der Waals surface area contributed by atoms with Crippen molar-refractivity contribution in [2.75, 3.05) is 0 Å². The molecular weight excluding hydrogens is 264 g/mol. The van der Waals surface area contributed by atoms with Crippen LogP contribution >= 0.6 is 0 Å². The fraction of sp³-hybridized carbons (Fsp3) is 0.857. The Bertz CT molecular complexity index is 224. The second kappa shape index (κ2) is 15.9. The minimum Gasteiger partial charge on any atom is -0.481 e. The molecule has 0 aromatic rings. The highest BCUT2D eigenvalue weighted by molar-refractivity contribution is 5.67. The lowest BCUT2D eigenvalue weighted by molar-refractivity contribution is -0.139. The minimum absolute atomic E-state index is 0.0628. The molecule has 0 spiro atoms. The van der Waals surface area contributed by atoms with Gasteiger partial charge in [0.2, 0.25) is 0 Å². The molecular formula is C14H28O6. The van der Waals surface area contributed by atoms with Gasteiger partial charge in [-0.2, -0.15) is 0 Å². The van der Waals surface area contributed by atoms with Gasteiger partial charge in [0.15, 0.2) is 6.29 Å². The molecule has 0 aliphatic rings. The standard InChI is InChI=1S/C8H18O2.C6H10O4/c1-2-3-4-5-6-7-8(9)10;7-5(8)3-1-2-4-6(9)10/h8-10H,2-7H2,1H3;1-4H2,(H,7,8)(H,9,10). The minimum atomic E-state index is -1.10. The topological polar surface area (TPSA) is 115 Å². The summed E-state index contributed by atoms with van der Waals surface area (Å²) in [6, 6.07) is 0. The second-order valence-corrected chi connectivity index (χ2v) is 4.68. The van der Waals surface area contributed by atoms with Crippen molar-refractivity contribution in [3.63, 3.8) is 0 Å². The van der Waals surface area contributed by atoms with Crippen molar-refractivity contribution in [1.82, 2.24) is 0 Å². The first kappa shape index (κ1) is 21.2. The van der Waals surface area contributed by atoms with Gasteiger partial charge in [-0.05, 0) is 25.7 Å². The molecule has 0 atom stereocenters. The van der Waals surface area contributed by atoms with Gasteiger partial charge in [0.1, 0.15) is 0 Å². The highest BCUT2D eigenvalue weighted by Crippen LogP contribution is 2.05. The second-order valence-electron chi connectivity index (χ2n) is 4.68. The lowest BCUT2D eigenvalue weighted by atomic mass is 10.1. The number of aliphatic hydroxyl groups excluding tert-OH is 1. The first-order valence-corrected chi connectivity index (χ1v) is 7.19. The predicted octanol–water partition coefficient (Wildman–Crippen LogP) is 2.37. The highest BCUT2D eigenvalue weighted by atomic mass is 16.5. The van der Waals surface area contributed by atoms with Gasteiger partial charge >= 0.3 is 11.9 Å². The number of aliphatic hydroxyl groups is 2. The molecule has 6 nitrogen and oxygen atoms in total. The fourth-order valence-corrected chi connectivity index (χ4v) is 1.48. The number of carboxylic acid groups (broad SMARTS) is 2. The number of aliphatic carboxylic acids is 2. The van der Waals surface area contributed by atoms with Crippen LogP contribution in [0.4, 0.5) is 0 Å². The number of hydrogen-bond donors (Lipinski definition) is 4. The van der Waals surface area contributed by atoms with Crippen LogP contribution in [0.5, 0.6) is 0 Å². The van der Waals surface area contributed by atoms with E-state index in [1.807, 2.05) is 0 Å². The van der Waals surface area contributed by atoms with Crippen LogP contribution in [-0.4, -0.2) is 38.7 Å². The molecule has 0 aromatic heterocycles. The smallest absolute Gasteiger partial charge is 0.303 e. The average molecular weight is 292 g/mol. The maximum absolute atomic E-state index is 9.90. The van der Waals surface area contributed by atoms with Gasteiger partial charge in [-0.1, -0.05) is 32.6 Å². The molecule has 0 aliphatic heterocycles. The molecule has 6 heteroatoms. The van der Waals surface area contributed by atoms with E-state index in [-0.39, 0.29) is 12.8 Å². The Hall–Kier alpha value is -1.14. The summed E-state index contributed by atoms with van der Waals surface area (Å²) in [4.78, 5) is 19.8. The predicted molar refractivity (Wildman–Crippen MR) is 75.3 cm³/mol. The lowest BCUT2D eigenvalue weighted by Crippen LogP contribution is -2.02. The Labute approximate surface area is 120 Å². The van der Waals surface area contributed by atoms with Crippen LogP contribution in [0, 0.1) is 0 Å². The Morgan fingerprint density at radius 1 is 0.800 bits per heavy atom. The molecule has 0 rings (SSSR count). The van der Waals surface area contributed by atoms with Crippen LogP contribution in [0.15, 0.2) is 0 Å². The molecule has 0 aromatic carbocycles. The van der Waals surface area contributed by atoms with E-state index in [0.717, 1.165) is 12.8 Å². The van der Waals surface area contributed by atoms with E-state index in [9.17, 15) is 9.59 Å². The van der Waals surface area contributed by atoms with Crippen molar-refractivity contribution in [2.24, 2.45) is 0 Å². The quantitative estimate of drug-likeness (QED) is 0.343. The Morgan fingerprint density at radius 2 is 1.25 bits per heavy atom. The van der Waals surface area contributed by atoms with E-state index in [0.29, 0.717) is 19.3 Å². The van der Waals surface area contributed by atoms with Gasteiger partial charge in [0, 0.05) is 12.8 Å². The first-order chi connectivity index (χ1) is 9.40. The summed E-state index contributed by atoms with van der Waals surface area (Å²) in [5.74, 6) is -1.74. The summed E-state index contributed by atoms with van der Waals surface area (Å²) in [6.07, 6.45) is 6.25. The van der Waals surface area contributed by atoms with Gasteiger partial charge in [-0.3, -0.25) is 9.59 Å². The first-order valence-electron chi connectivity index (χ1n) is 7.19. The van der Waals surface area contributed by atoms with Gasteiger partial charge in [0.25, 0.3) is 0 Å². The van der Waals surface area contributed by atoms with Crippen LogP contribution in [0.3, 0.4) is 0 Å². The summed E-state index contributed by atoms with van der Waals surface area (Å²) in [6.45, 7) is 2.17. The normalized spacial score (nSPS) is 10.0. The van der Waals surface area contributed by atoms with Crippen LogP contribution in [0.25, 0.3) is 0 Å². The van der Waals surface area contributed by atoms with Crippen molar-refractivity contribution >= 4 is 11.9 Å². The Balaban J connectivity index is 0. The van der Waals surface area contributed by atoms with Gasteiger partial charge in [-0.25, -0.2) is 0 Å². The average Bonchev–Trinajstić information content (AvgIpc) is 2.34. The molecule has 0 radical (unpaired) electrons. The summed E-state index contributed by atoms with van der Waals surface area (Å²) in [5, 5.41) is 33.2. The van der Waals surface area contributed by atoms with Gasteiger partial charge < -0.3 is 20.4 Å². The number of carboxylic acids is 2. The van der Waals surface area contributed by atoms with Crippen molar-refractivity contribution in [3.8, 4) is 0 Å². The number of unbranched alkanes of at least 4 members (excludes halogenated alkanes) is 5. The summed E-state index contributed by atoms with van der Waals surface area (Å²) in [7, 11) is 0. The van der Waals surface area contributed by atoms with E-state index in [1.165, 1.54) is 19.3 Å². The zero-order valence-corrected chi connectivity index (χ0v) is 12.3. The molecule has 0 heterocycles. The monoisotopic (exact) mass is 292 g/mol. The van der Waals surface area contributed by atoms with Crippen molar-refractivity contribution < 1.29 is 30.0 Å². The van der Waals surface area contributed by atoms with E-state index >= 15 is 0 Å². The number of hydrogen-bond acceptors (Lipinski definition) is 4. The van der Waals surface area contributed by atoms with Crippen LogP contribution in [0.2, 0.25) is 0 Å². The molecule has 0 amide bonds. The van der Waals surface area contributed by atoms with Crippen LogP contribution in [-0.2, 0) is 9.59 Å². The highest BCUT2D eigenvalue weighted by Gasteiger charge is 1.99. The summed E-state index contributed by atoms with van der Waals surface area (Å²) < 4.78 is 0. The van der Waals surface area contributed by atoms with E-state index < -0.39 is 18.2 Å². The third kappa shape index (κ3) is 25.6. The SMILES string of the molecule is CCCCCCCC(O)O.O=C(O)CCCCC(=O)O. The van der Waals surface area contributed by atoms with Crippen molar-refractivity contribution in [3.05, 3.63) is 0 Å². The largest absolute Gasteiger partial charge is 0.481 e. The lowest BCUT2D eigenvalue weighted by Gasteiger charge is -2.01. The number of rotatable bonds is 11. The van der Waals surface area contributed by atoms with E-state index in [2.05, 4.69) is 6.92 Å². The molecule has 0 saturated carbocycles. The molecule has 20 heavy (non-hydrogen) atoms. The summed E-state index contributed by atoms with van der Waals surface area (Å²) >= 11 is 0. The maximum Gasteiger partial charge on any atom is 0.303 e. The molecule has 120 valence electrons. The fourth-order valence-electron chi connectivity index (χ4n) is 1.48. The van der Waals surface area contributed by atoms with Crippen molar-refractivity contribution in [2.45, 2.75) is 77.4 Å². The molecule has 0 saturated heterocycles. The zero-order valence-electron chi connectivity index (χ0n) is 12.3. The maximum atomic E-state index is 9.90. The molecule has 4 N–H and O–H groups in total. The third-order valence-electron chi connectivity index (χ3n) is 2.60. The molecule has 0 aliphatic carbocycles. The zero-order chi connectivity index (χ0) is 15.8. The van der Waals surface area contributed by atoms with Crippen LogP contribution < -0.4 is 0 Å². The van der Waals surface area contributed by atoms with E-state index in [4.69, 9.17) is 20.4 Å². The van der Waals surface area contributed by atoms with Gasteiger partial charge in [-0.15, -0.1) is 0 Å². The molecule has 0 bridgehead atoms. The van der Waals surface area contributed by atoms with Crippen molar-refractivity contribution in [1.29, 1.82) is 0 Å². The third-order valence-corrected chi connectivity index (χ3v) is 2.60. The summed E-state index contributed by atoms with van der Waals surface area (Å²) in [5.41, 5.74) is 0. The van der Waals surface area contributed by atoms with Crippen LogP contribution in [0.1, 0.15) is 71.1 Å². The molecule has 0 unspecified atom stereocenters. The number of carbonyl (C=O) groups is 2. The molecule has 0 fully saturated rings.